The molecule has 0 atom stereocenters. The zero-order valence-corrected chi connectivity index (χ0v) is 10.5. The normalized spacial score (nSPS) is 9.65. The first-order valence-electron chi connectivity index (χ1n) is 5.26. The molecule has 0 saturated carbocycles. The summed E-state index contributed by atoms with van der Waals surface area (Å²) in [4.78, 5) is 23.9. The molecular weight excluding hydrogens is 218 g/mol. The molecule has 5 heteroatoms. The second kappa shape index (κ2) is 5.34. The third-order valence-corrected chi connectivity index (χ3v) is 2.21. The zero-order valence-electron chi connectivity index (χ0n) is 10.5. The molecule has 0 fully saturated rings. The summed E-state index contributed by atoms with van der Waals surface area (Å²) in [5, 5.41) is 5.43. The number of rotatable bonds is 2. The van der Waals surface area contributed by atoms with E-state index in [9.17, 15) is 9.59 Å². The molecule has 92 valence electrons. The van der Waals surface area contributed by atoms with Crippen LogP contribution in [0.1, 0.15) is 12.5 Å². The van der Waals surface area contributed by atoms with Gasteiger partial charge in [0.2, 0.25) is 5.91 Å². The van der Waals surface area contributed by atoms with Crippen molar-refractivity contribution in [1.82, 2.24) is 4.90 Å². The van der Waals surface area contributed by atoms with E-state index in [0.29, 0.717) is 11.4 Å². The number of aryl methyl sites for hydroxylation is 1. The van der Waals surface area contributed by atoms with Gasteiger partial charge in [-0.1, -0.05) is 6.07 Å². The van der Waals surface area contributed by atoms with Gasteiger partial charge >= 0.3 is 6.03 Å². The van der Waals surface area contributed by atoms with Crippen LogP contribution in [0.25, 0.3) is 0 Å². The maximum atomic E-state index is 11.5. The molecule has 1 rings (SSSR count). The number of urea groups is 1. The summed E-state index contributed by atoms with van der Waals surface area (Å²) in [7, 11) is 3.34. The molecule has 0 spiro atoms. The van der Waals surface area contributed by atoms with Crippen LogP contribution in [0.15, 0.2) is 18.2 Å². The number of hydrogen-bond acceptors (Lipinski definition) is 2. The van der Waals surface area contributed by atoms with Crippen LogP contribution in [0.5, 0.6) is 0 Å². The van der Waals surface area contributed by atoms with Crippen molar-refractivity contribution in [2.24, 2.45) is 0 Å². The van der Waals surface area contributed by atoms with Crippen molar-refractivity contribution >= 4 is 23.3 Å². The van der Waals surface area contributed by atoms with Crippen LogP contribution in [-0.4, -0.2) is 30.9 Å². The molecule has 5 nitrogen and oxygen atoms in total. The first-order chi connectivity index (χ1) is 7.90. The molecule has 0 saturated heterocycles. The fourth-order valence-corrected chi connectivity index (χ4v) is 1.26. The average Bonchev–Trinajstić information content (AvgIpc) is 2.22. The first-order valence-corrected chi connectivity index (χ1v) is 5.26. The minimum Gasteiger partial charge on any atom is -0.331 e. The minimum absolute atomic E-state index is 0.140. The fourth-order valence-electron chi connectivity index (χ4n) is 1.26. The van der Waals surface area contributed by atoms with Gasteiger partial charge in [-0.05, 0) is 24.6 Å². The van der Waals surface area contributed by atoms with E-state index in [4.69, 9.17) is 0 Å². The number of nitrogens with zero attached hydrogens (tertiary/aromatic N) is 1. The molecule has 17 heavy (non-hydrogen) atoms. The van der Waals surface area contributed by atoms with Gasteiger partial charge in [-0.2, -0.15) is 0 Å². The van der Waals surface area contributed by atoms with Crippen LogP contribution < -0.4 is 10.6 Å². The Morgan fingerprint density at radius 2 is 1.82 bits per heavy atom. The van der Waals surface area contributed by atoms with Crippen molar-refractivity contribution in [3.8, 4) is 0 Å². The summed E-state index contributed by atoms with van der Waals surface area (Å²) in [5.41, 5.74) is 2.29. The van der Waals surface area contributed by atoms with E-state index < -0.39 is 0 Å². The van der Waals surface area contributed by atoms with E-state index in [2.05, 4.69) is 10.6 Å². The van der Waals surface area contributed by atoms with Gasteiger partial charge in [0.15, 0.2) is 0 Å². The number of nitrogens with one attached hydrogen (secondary N) is 2. The monoisotopic (exact) mass is 235 g/mol. The Kier molecular flexibility index (Phi) is 4.09. The van der Waals surface area contributed by atoms with Gasteiger partial charge in [0.1, 0.15) is 0 Å². The number of benzene rings is 1. The molecule has 0 heterocycles. The lowest BCUT2D eigenvalue weighted by Crippen LogP contribution is -2.27. The van der Waals surface area contributed by atoms with Crippen LogP contribution in [0.4, 0.5) is 16.2 Å². The number of carbonyl (C=O) groups is 2. The van der Waals surface area contributed by atoms with Gasteiger partial charge in [0.05, 0.1) is 0 Å². The van der Waals surface area contributed by atoms with Gasteiger partial charge in [-0.15, -0.1) is 0 Å². The van der Waals surface area contributed by atoms with Gasteiger partial charge < -0.3 is 15.5 Å². The smallest absolute Gasteiger partial charge is 0.321 e. The molecule has 0 bridgehead atoms. The van der Waals surface area contributed by atoms with Crippen molar-refractivity contribution < 1.29 is 9.59 Å². The van der Waals surface area contributed by atoms with Crippen molar-refractivity contribution in [3.63, 3.8) is 0 Å². The molecule has 0 aliphatic heterocycles. The molecule has 0 unspecified atom stereocenters. The van der Waals surface area contributed by atoms with Crippen LogP contribution in [0.3, 0.4) is 0 Å². The van der Waals surface area contributed by atoms with Crippen LogP contribution >= 0.6 is 0 Å². The standard InChI is InChI=1S/C12H17N3O2/c1-8-5-6-10(13-9(2)16)7-11(8)14-12(17)15(3)4/h5-7H,1-4H3,(H,13,16)(H,14,17). The molecular formula is C12H17N3O2. The molecule has 1 aromatic rings. The Labute approximate surface area is 101 Å². The Morgan fingerprint density at radius 3 is 2.35 bits per heavy atom. The van der Waals surface area contributed by atoms with Crippen molar-refractivity contribution in [1.29, 1.82) is 0 Å². The Hall–Kier alpha value is -2.04. The number of amides is 3. The first kappa shape index (κ1) is 13.0. The quantitative estimate of drug-likeness (QED) is 0.824. The molecule has 0 aliphatic rings. The van der Waals surface area contributed by atoms with Crippen LogP contribution in [0, 0.1) is 6.92 Å². The van der Waals surface area contributed by atoms with E-state index in [1.165, 1.54) is 11.8 Å². The molecule has 0 aliphatic carbocycles. The van der Waals surface area contributed by atoms with Crippen molar-refractivity contribution in [2.45, 2.75) is 13.8 Å². The SMILES string of the molecule is CC(=O)Nc1ccc(C)c(NC(=O)N(C)C)c1. The van der Waals surface area contributed by atoms with Gasteiger partial charge in [-0.25, -0.2) is 4.79 Å². The highest BCUT2D eigenvalue weighted by molar-refractivity contribution is 5.93. The van der Waals surface area contributed by atoms with Crippen molar-refractivity contribution in [3.05, 3.63) is 23.8 Å². The molecule has 1 aromatic carbocycles. The summed E-state index contributed by atoms with van der Waals surface area (Å²) < 4.78 is 0. The van der Waals surface area contributed by atoms with Gasteiger partial charge in [-0.3, -0.25) is 4.79 Å². The fraction of sp³-hybridized carbons (Fsp3) is 0.333. The lowest BCUT2D eigenvalue weighted by atomic mass is 10.2. The Morgan fingerprint density at radius 1 is 1.18 bits per heavy atom. The van der Waals surface area contributed by atoms with Gasteiger partial charge in [0.25, 0.3) is 0 Å². The Balaban J connectivity index is 2.90. The number of carbonyl (C=O) groups excluding carboxylic acids is 2. The van der Waals surface area contributed by atoms with E-state index in [0.717, 1.165) is 5.56 Å². The second-order valence-corrected chi connectivity index (χ2v) is 4.04. The third kappa shape index (κ3) is 3.79. The van der Waals surface area contributed by atoms with E-state index in [1.54, 1.807) is 26.2 Å². The highest BCUT2D eigenvalue weighted by Gasteiger charge is 2.07. The summed E-state index contributed by atoms with van der Waals surface area (Å²) in [6, 6.07) is 5.17. The van der Waals surface area contributed by atoms with E-state index in [1.807, 2.05) is 13.0 Å². The maximum Gasteiger partial charge on any atom is 0.321 e. The zero-order chi connectivity index (χ0) is 13.0. The predicted molar refractivity (Wildman–Crippen MR) is 68.2 cm³/mol. The number of hydrogen-bond donors (Lipinski definition) is 2. The van der Waals surface area contributed by atoms with Gasteiger partial charge in [0, 0.05) is 32.4 Å². The van der Waals surface area contributed by atoms with Crippen LogP contribution in [0.2, 0.25) is 0 Å². The molecule has 2 N–H and O–H groups in total. The highest BCUT2D eigenvalue weighted by atomic mass is 16.2. The minimum atomic E-state index is -0.201. The molecule has 3 amide bonds. The summed E-state index contributed by atoms with van der Waals surface area (Å²) in [5.74, 6) is -0.140. The average molecular weight is 235 g/mol. The summed E-state index contributed by atoms with van der Waals surface area (Å²) in [6.45, 7) is 3.33. The maximum absolute atomic E-state index is 11.5. The predicted octanol–water partition coefficient (Wildman–Crippen LogP) is 2.05. The number of anilines is 2. The third-order valence-electron chi connectivity index (χ3n) is 2.21. The second-order valence-electron chi connectivity index (χ2n) is 4.04. The molecule has 0 radical (unpaired) electrons. The summed E-state index contributed by atoms with van der Waals surface area (Å²) in [6.07, 6.45) is 0. The van der Waals surface area contributed by atoms with E-state index in [-0.39, 0.29) is 11.9 Å². The lowest BCUT2D eigenvalue weighted by Gasteiger charge is -2.14. The Bertz CT molecular complexity index is 441. The van der Waals surface area contributed by atoms with Crippen molar-refractivity contribution in [2.75, 3.05) is 24.7 Å². The molecule has 0 aromatic heterocycles. The topological polar surface area (TPSA) is 61.4 Å². The highest BCUT2D eigenvalue weighted by Crippen LogP contribution is 2.20. The summed E-state index contributed by atoms with van der Waals surface area (Å²) >= 11 is 0. The van der Waals surface area contributed by atoms with Crippen LogP contribution in [-0.2, 0) is 4.79 Å². The largest absolute Gasteiger partial charge is 0.331 e. The van der Waals surface area contributed by atoms with E-state index >= 15 is 0 Å². The lowest BCUT2D eigenvalue weighted by molar-refractivity contribution is -0.114.